The summed E-state index contributed by atoms with van der Waals surface area (Å²) >= 11 is 0. The number of carbonyl (C=O) groups is 4. The largest absolute Gasteiger partial charge is 0.472 e. The van der Waals surface area contributed by atoms with Crippen molar-refractivity contribution in [3.63, 3.8) is 0 Å². The predicted molar refractivity (Wildman–Crippen MR) is 354 cm³/mol. The first-order valence-corrected chi connectivity index (χ1v) is 38.9. The molecule has 0 spiro atoms. The molecule has 0 amide bonds. The molecule has 0 saturated carbocycles. The number of aliphatic hydroxyl groups is 1. The van der Waals surface area contributed by atoms with Crippen LogP contribution in [0.3, 0.4) is 0 Å². The van der Waals surface area contributed by atoms with Crippen LogP contribution < -0.4 is 0 Å². The SMILES string of the molecule is CCCCCCCCCCCC(=O)OC[C@H](COP(=O)(O)OC[C@H](O)COP(=O)(O)OC[C@@H](COC(=O)CCCCCCCCCCC(C)C)OC(=O)CCCCCCCCCCCCCCCCC(C)CC)OC(=O)CCCCCCCCC(C)CC. The molecule has 3 N–H and O–H groups in total. The van der Waals surface area contributed by atoms with Crippen molar-refractivity contribution in [1.29, 1.82) is 0 Å². The molecule has 0 heterocycles. The van der Waals surface area contributed by atoms with E-state index in [0.717, 1.165) is 108 Å². The Kier molecular flexibility index (Phi) is 58.7. The van der Waals surface area contributed by atoms with Gasteiger partial charge >= 0.3 is 39.5 Å². The number of unbranched alkanes of at least 4 members (excludes halogenated alkanes) is 33. The number of phosphoric acid groups is 2. The van der Waals surface area contributed by atoms with Crippen LogP contribution in [0, 0.1) is 17.8 Å². The molecular weight excluding hydrogens is 1160 g/mol. The van der Waals surface area contributed by atoms with Crippen molar-refractivity contribution in [2.75, 3.05) is 39.6 Å². The van der Waals surface area contributed by atoms with Crippen LogP contribution in [-0.2, 0) is 65.4 Å². The number of carbonyl (C=O) groups excluding carboxylic acids is 4. The van der Waals surface area contributed by atoms with Gasteiger partial charge in [-0.2, -0.15) is 0 Å². The molecule has 0 aromatic rings. The highest BCUT2D eigenvalue weighted by molar-refractivity contribution is 7.47. The van der Waals surface area contributed by atoms with Crippen molar-refractivity contribution < 1.29 is 80.2 Å². The Bertz CT molecular complexity index is 1740. The van der Waals surface area contributed by atoms with Gasteiger partial charge in [0.25, 0.3) is 0 Å². The topological polar surface area (TPSA) is 237 Å². The van der Waals surface area contributed by atoms with Gasteiger partial charge in [0.2, 0.25) is 0 Å². The molecular formula is C69H134O17P2. The van der Waals surface area contributed by atoms with Crippen molar-refractivity contribution in [2.45, 2.75) is 362 Å². The fourth-order valence-corrected chi connectivity index (χ4v) is 11.9. The van der Waals surface area contributed by atoms with Crippen molar-refractivity contribution in [1.82, 2.24) is 0 Å². The first-order valence-electron chi connectivity index (χ1n) is 35.9. The van der Waals surface area contributed by atoms with Gasteiger partial charge in [-0.3, -0.25) is 37.3 Å². The van der Waals surface area contributed by atoms with E-state index in [1.54, 1.807) is 0 Å². The molecule has 0 fully saturated rings. The zero-order valence-electron chi connectivity index (χ0n) is 57.2. The maximum absolute atomic E-state index is 13.0. The Morgan fingerprint density at radius 1 is 0.330 bits per heavy atom. The molecule has 0 aliphatic carbocycles. The number of ether oxygens (including phenoxy) is 4. The minimum Gasteiger partial charge on any atom is -0.462 e. The van der Waals surface area contributed by atoms with Crippen LogP contribution in [0.15, 0.2) is 0 Å². The summed E-state index contributed by atoms with van der Waals surface area (Å²) in [6.07, 6.45) is 43.1. The molecule has 0 aromatic heterocycles. The molecule has 88 heavy (non-hydrogen) atoms. The second-order valence-corrected chi connectivity index (χ2v) is 28.8. The summed E-state index contributed by atoms with van der Waals surface area (Å²) in [4.78, 5) is 72.4. The zero-order chi connectivity index (χ0) is 65.2. The summed E-state index contributed by atoms with van der Waals surface area (Å²) in [5.74, 6) is 0.160. The molecule has 0 saturated heterocycles. The average Bonchev–Trinajstić information content (AvgIpc) is 3.62. The molecule has 19 heteroatoms. The minimum atomic E-state index is -4.95. The highest BCUT2D eigenvalue weighted by Gasteiger charge is 2.30. The van der Waals surface area contributed by atoms with E-state index in [0.29, 0.717) is 25.7 Å². The van der Waals surface area contributed by atoms with Crippen molar-refractivity contribution >= 4 is 39.5 Å². The summed E-state index contributed by atoms with van der Waals surface area (Å²) in [7, 11) is -9.90. The minimum absolute atomic E-state index is 0.103. The quantitative estimate of drug-likeness (QED) is 0.0222. The van der Waals surface area contributed by atoms with Gasteiger partial charge in [-0.15, -0.1) is 0 Å². The standard InChI is InChI=1S/C69H134O17P2/c1-8-11-12-13-14-21-28-36-43-50-66(71)79-57-65(86-69(74)53-46-39-32-31-35-42-49-62(7)10-3)59-84-88(77,78)82-55-63(70)54-81-87(75,76)83-58-64(56-80-67(72)51-44-37-29-25-24-26-33-40-47-60(4)5)85-68(73)52-45-38-30-23-20-18-16-15-17-19-22-27-34-41-48-61(6)9-2/h60-65,70H,8-59H2,1-7H3,(H,75,76)(H,77,78)/t61?,62?,63-,64-,65-/m1/s1. The summed E-state index contributed by atoms with van der Waals surface area (Å²) in [6, 6.07) is 0. The number of rotatable bonds is 67. The highest BCUT2D eigenvalue weighted by atomic mass is 31.2. The van der Waals surface area contributed by atoms with Gasteiger partial charge < -0.3 is 33.8 Å². The Hall–Kier alpha value is -1.94. The molecule has 4 unspecified atom stereocenters. The van der Waals surface area contributed by atoms with Crippen LogP contribution in [0.4, 0.5) is 0 Å². The maximum atomic E-state index is 13.0. The summed E-state index contributed by atoms with van der Waals surface area (Å²) < 4.78 is 68.2. The summed E-state index contributed by atoms with van der Waals surface area (Å²) in [5.41, 5.74) is 0. The van der Waals surface area contributed by atoms with E-state index in [-0.39, 0.29) is 25.7 Å². The lowest BCUT2D eigenvalue weighted by Crippen LogP contribution is -2.30. The van der Waals surface area contributed by atoms with Crippen LogP contribution in [0.25, 0.3) is 0 Å². The molecule has 522 valence electrons. The van der Waals surface area contributed by atoms with Crippen molar-refractivity contribution in [2.24, 2.45) is 17.8 Å². The Morgan fingerprint density at radius 3 is 0.864 bits per heavy atom. The molecule has 7 atom stereocenters. The third-order valence-electron chi connectivity index (χ3n) is 16.6. The van der Waals surface area contributed by atoms with E-state index >= 15 is 0 Å². The van der Waals surface area contributed by atoms with Gasteiger partial charge in [-0.05, 0) is 43.4 Å². The van der Waals surface area contributed by atoms with Gasteiger partial charge in [-0.25, -0.2) is 9.13 Å². The monoisotopic (exact) mass is 1300 g/mol. The average molecular weight is 1300 g/mol. The van der Waals surface area contributed by atoms with Gasteiger partial charge in [-0.1, -0.05) is 292 Å². The van der Waals surface area contributed by atoms with Gasteiger partial charge in [0.1, 0.15) is 19.3 Å². The van der Waals surface area contributed by atoms with Crippen LogP contribution in [0.1, 0.15) is 344 Å². The summed E-state index contributed by atoms with van der Waals surface area (Å²) in [6.45, 7) is 11.8. The molecule has 17 nitrogen and oxygen atoms in total. The third-order valence-corrected chi connectivity index (χ3v) is 18.5. The maximum Gasteiger partial charge on any atom is 0.472 e. The molecule has 0 bridgehead atoms. The second-order valence-electron chi connectivity index (χ2n) is 25.9. The normalized spacial score (nSPS) is 14.9. The first kappa shape index (κ1) is 86.1. The Balaban J connectivity index is 5.21. The van der Waals surface area contributed by atoms with Crippen LogP contribution in [0.5, 0.6) is 0 Å². The van der Waals surface area contributed by atoms with E-state index in [1.165, 1.54) is 154 Å². The molecule has 0 aliphatic heterocycles. The Morgan fingerprint density at radius 2 is 0.580 bits per heavy atom. The fourth-order valence-electron chi connectivity index (χ4n) is 10.3. The van der Waals surface area contributed by atoms with Crippen molar-refractivity contribution in [3.05, 3.63) is 0 Å². The summed E-state index contributed by atoms with van der Waals surface area (Å²) in [5, 5.41) is 10.6. The molecule has 0 radical (unpaired) electrons. The predicted octanol–water partition coefficient (Wildman–Crippen LogP) is 19.5. The van der Waals surface area contributed by atoms with Crippen LogP contribution in [-0.4, -0.2) is 96.7 Å². The van der Waals surface area contributed by atoms with E-state index in [4.69, 9.17) is 37.0 Å². The number of phosphoric ester groups is 2. The number of hydrogen-bond donors (Lipinski definition) is 3. The van der Waals surface area contributed by atoms with E-state index in [9.17, 15) is 43.2 Å². The number of hydrogen-bond acceptors (Lipinski definition) is 15. The molecule has 0 rings (SSSR count). The van der Waals surface area contributed by atoms with E-state index in [1.807, 2.05) is 0 Å². The second kappa shape index (κ2) is 60.0. The zero-order valence-corrected chi connectivity index (χ0v) is 59.0. The lowest BCUT2D eigenvalue weighted by Gasteiger charge is -2.21. The number of aliphatic hydroxyl groups excluding tert-OH is 1. The van der Waals surface area contributed by atoms with Crippen molar-refractivity contribution in [3.8, 4) is 0 Å². The highest BCUT2D eigenvalue weighted by Crippen LogP contribution is 2.45. The lowest BCUT2D eigenvalue weighted by atomic mass is 9.99. The first-order chi connectivity index (χ1) is 42.3. The van der Waals surface area contributed by atoms with Crippen LogP contribution >= 0.6 is 15.6 Å². The lowest BCUT2D eigenvalue weighted by molar-refractivity contribution is -0.161. The Labute approximate surface area is 537 Å². The molecule has 0 aromatic carbocycles. The van der Waals surface area contributed by atoms with Gasteiger partial charge in [0.15, 0.2) is 12.2 Å². The van der Waals surface area contributed by atoms with Crippen LogP contribution in [0.2, 0.25) is 0 Å². The van der Waals surface area contributed by atoms with Gasteiger partial charge in [0, 0.05) is 25.7 Å². The smallest absolute Gasteiger partial charge is 0.462 e. The van der Waals surface area contributed by atoms with Gasteiger partial charge in [0.05, 0.1) is 26.4 Å². The fraction of sp³-hybridized carbons (Fsp3) is 0.942. The molecule has 0 aliphatic rings. The van der Waals surface area contributed by atoms with E-state index < -0.39 is 97.5 Å². The van der Waals surface area contributed by atoms with E-state index in [2.05, 4.69) is 48.5 Å². The number of esters is 4. The third kappa shape index (κ3) is 60.3.